The van der Waals surface area contributed by atoms with Gasteiger partial charge in [-0.25, -0.2) is 8.42 Å². The number of para-hydroxylation sites is 1. The number of aromatic hydroxyl groups is 1. The van der Waals surface area contributed by atoms with E-state index in [1.807, 2.05) is 0 Å². The van der Waals surface area contributed by atoms with Crippen LogP contribution in [0.15, 0.2) is 57.9 Å². The third kappa shape index (κ3) is 2.83. The van der Waals surface area contributed by atoms with Crippen LogP contribution in [0.4, 0.5) is 5.69 Å². The molecule has 0 unspecified atom stereocenters. The Balaban J connectivity index is 2.33. The molecule has 0 amide bonds. The second-order valence-electron chi connectivity index (χ2n) is 3.58. The molecule has 18 heavy (non-hydrogen) atoms. The highest BCUT2D eigenvalue weighted by Crippen LogP contribution is 2.24. The van der Waals surface area contributed by atoms with Crippen LogP contribution in [0.2, 0.25) is 0 Å². The molecule has 0 aliphatic carbocycles. The van der Waals surface area contributed by atoms with Crippen LogP contribution in [0.3, 0.4) is 0 Å². The predicted molar refractivity (Wildman–Crippen MR) is 73.1 cm³/mol. The number of hydrogen-bond donors (Lipinski definition) is 2. The Morgan fingerprint density at radius 2 is 1.61 bits per heavy atom. The molecule has 2 N–H and O–H groups in total. The van der Waals surface area contributed by atoms with Crippen LogP contribution in [0.5, 0.6) is 5.75 Å². The highest BCUT2D eigenvalue weighted by molar-refractivity contribution is 9.10. The number of rotatable bonds is 3. The molecule has 0 radical (unpaired) electrons. The zero-order valence-corrected chi connectivity index (χ0v) is 11.6. The summed E-state index contributed by atoms with van der Waals surface area (Å²) in [5, 5.41) is 9.13. The molecular weight excluding hydrogens is 318 g/mol. The first-order valence-corrected chi connectivity index (χ1v) is 7.33. The smallest absolute Gasteiger partial charge is 0.261 e. The normalized spacial score (nSPS) is 11.2. The molecule has 0 aliphatic heterocycles. The Morgan fingerprint density at radius 3 is 2.22 bits per heavy atom. The van der Waals surface area contributed by atoms with E-state index in [4.69, 9.17) is 5.11 Å². The summed E-state index contributed by atoms with van der Waals surface area (Å²) < 4.78 is 27.2. The molecule has 94 valence electrons. The van der Waals surface area contributed by atoms with Crippen molar-refractivity contribution in [2.45, 2.75) is 4.90 Å². The predicted octanol–water partition coefficient (Wildman–Crippen LogP) is 2.96. The molecule has 0 bridgehead atoms. The number of nitrogens with one attached hydrogen (secondary N) is 1. The third-order valence-corrected chi connectivity index (χ3v) is 4.34. The molecule has 2 aromatic carbocycles. The molecule has 6 heteroatoms. The van der Waals surface area contributed by atoms with Crippen LogP contribution in [0.25, 0.3) is 0 Å². The van der Waals surface area contributed by atoms with Gasteiger partial charge in [0.15, 0.2) is 0 Å². The van der Waals surface area contributed by atoms with E-state index in [0.717, 1.165) is 0 Å². The molecule has 0 aromatic heterocycles. The van der Waals surface area contributed by atoms with Crippen molar-refractivity contribution in [1.29, 1.82) is 0 Å². The summed E-state index contributed by atoms with van der Waals surface area (Å²) in [6.07, 6.45) is 0. The summed E-state index contributed by atoms with van der Waals surface area (Å²) in [6, 6.07) is 12.3. The van der Waals surface area contributed by atoms with Gasteiger partial charge >= 0.3 is 0 Å². The van der Waals surface area contributed by atoms with Crippen molar-refractivity contribution in [3.05, 3.63) is 53.0 Å². The van der Waals surface area contributed by atoms with Gasteiger partial charge in [-0.15, -0.1) is 0 Å². The van der Waals surface area contributed by atoms with Crippen molar-refractivity contribution in [3.8, 4) is 5.75 Å². The maximum Gasteiger partial charge on any atom is 0.261 e. The van der Waals surface area contributed by atoms with E-state index >= 15 is 0 Å². The van der Waals surface area contributed by atoms with Crippen LogP contribution in [0.1, 0.15) is 0 Å². The van der Waals surface area contributed by atoms with Crippen molar-refractivity contribution in [1.82, 2.24) is 0 Å². The average molecular weight is 328 g/mol. The number of hydrogen-bond acceptors (Lipinski definition) is 3. The monoisotopic (exact) mass is 327 g/mol. The van der Waals surface area contributed by atoms with Crippen molar-refractivity contribution in [3.63, 3.8) is 0 Å². The number of sulfonamides is 1. The first-order chi connectivity index (χ1) is 8.49. The Kier molecular flexibility index (Phi) is 3.58. The van der Waals surface area contributed by atoms with Gasteiger partial charge in [0, 0.05) is 4.47 Å². The molecular formula is C12H10BrNO3S. The first kappa shape index (κ1) is 12.9. The first-order valence-electron chi connectivity index (χ1n) is 5.05. The zero-order chi connectivity index (χ0) is 13.2. The van der Waals surface area contributed by atoms with Crippen LogP contribution in [0, 0.1) is 0 Å². The van der Waals surface area contributed by atoms with Gasteiger partial charge in [-0.05, 0) is 52.3 Å². The molecule has 0 saturated carbocycles. The van der Waals surface area contributed by atoms with Crippen molar-refractivity contribution >= 4 is 31.6 Å². The minimum atomic E-state index is -3.64. The number of benzene rings is 2. The summed E-state index contributed by atoms with van der Waals surface area (Å²) in [4.78, 5) is 0.0936. The van der Waals surface area contributed by atoms with E-state index in [-0.39, 0.29) is 10.6 Å². The Labute approximate surface area is 113 Å². The van der Waals surface area contributed by atoms with Crippen LogP contribution < -0.4 is 4.72 Å². The number of halogens is 1. The molecule has 0 spiro atoms. The average Bonchev–Trinajstić information content (AvgIpc) is 2.32. The molecule has 2 rings (SSSR count). The lowest BCUT2D eigenvalue weighted by Gasteiger charge is -2.09. The van der Waals surface area contributed by atoms with E-state index in [2.05, 4.69) is 20.7 Å². The van der Waals surface area contributed by atoms with Gasteiger partial charge in [-0.2, -0.15) is 0 Å². The standard InChI is InChI=1S/C12H10BrNO3S/c13-11-3-1-2-4-12(11)14-18(16,17)10-7-5-9(15)6-8-10/h1-8,14-15H. The van der Waals surface area contributed by atoms with Crippen LogP contribution in [-0.4, -0.2) is 13.5 Å². The molecule has 0 atom stereocenters. The van der Waals surface area contributed by atoms with Crippen LogP contribution >= 0.6 is 15.9 Å². The lowest BCUT2D eigenvalue weighted by Crippen LogP contribution is -2.13. The van der Waals surface area contributed by atoms with E-state index in [9.17, 15) is 8.42 Å². The highest BCUT2D eigenvalue weighted by Gasteiger charge is 2.15. The number of phenolic OH excluding ortho intramolecular Hbond substituents is 1. The fourth-order valence-corrected chi connectivity index (χ4v) is 2.97. The maximum atomic E-state index is 12.1. The zero-order valence-electron chi connectivity index (χ0n) is 9.17. The lowest BCUT2D eigenvalue weighted by atomic mass is 10.3. The summed E-state index contributed by atoms with van der Waals surface area (Å²) >= 11 is 3.27. The van der Waals surface area contributed by atoms with Gasteiger partial charge in [0.05, 0.1) is 10.6 Å². The second-order valence-corrected chi connectivity index (χ2v) is 6.12. The van der Waals surface area contributed by atoms with E-state index in [1.165, 1.54) is 24.3 Å². The van der Waals surface area contributed by atoms with E-state index in [1.54, 1.807) is 24.3 Å². The number of phenols is 1. The summed E-state index contributed by atoms with van der Waals surface area (Å²) in [7, 11) is -3.64. The highest BCUT2D eigenvalue weighted by atomic mass is 79.9. The molecule has 4 nitrogen and oxygen atoms in total. The van der Waals surface area contributed by atoms with Gasteiger partial charge < -0.3 is 5.11 Å². The molecule has 0 fully saturated rings. The summed E-state index contributed by atoms with van der Waals surface area (Å²) in [6.45, 7) is 0. The van der Waals surface area contributed by atoms with Gasteiger partial charge in [0.2, 0.25) is 0 Å². The molecule has 0 aliphatic rings. The van der Waals surface area contributed by atoms with Crippen molar-refractivity contribution in [2.24, 2.45) is 0 Å². The summed E-state index contributed by atoms with van der Waals surface area (Å²) in [5.41, 5.74) is 0.463. The molecule has 0 saturated heterocycles. The fourth-order valence-electron chi connectivity index (χ4n) is 1.37. The Hall–Kier alpha value is -1.53. The topological polar surface area (TPSA) is 66.4 Å². The van der Waals surface area contributed by atoms with E-state index in [0.29, 0.717) is 10.2 Å². The third-order valence-electron chi connectivity index (χ3n) is 2.27. The lowest BCUT2D eigenvalue weighted by molar-refractivity contribution is 0.475. The molecule has 2 aromatic rings. The van der Waals surface area contributed by atoms with Gasteiger partial charge in [-0.1, -0.05) is 12.1 Å². The Morgan fingerprint density at radius 1 is 1.00 bits per heavy atom. The SMILES string of the molecule is O=S(=O)(Nc1ccccc1Br)c1ccc(O)cc1. The minimum absolute atomic E-state index is 0.0230. The quantitative estimate of drug-likeness (QED) is 0.910. The van der Waals surface area contributed by atoms with Gasteiger partial charge in [0.25, 0.3) is 10.0 Å². The van der Waals surface area contributed by atoms with Gasteiger partial charge in [-0.3, -0.25) is 4.72 Å². The fraction of sp³-hybridized carbons (Fsp3) is 0. The minimum Gasteiger partial charge on any atom is -0.508 e. The molecule has 0 heterocycles. The Bertz CT molecular complexity index is 653. The van der Waals surface area contributed by atoms with Crippen molar-refractivity contribution < 1.29 is 13.5 Å². The number of anilines is 1. The largest absolute Gasteiger partial charge is 0.508 e. The maximum absolute atomic E-state index is 12.1. The summed E-state index contributed by atoms with van der Waals surface area (Å²) in [5.74, 6) is 0.0230. The second kappa shape index (κ2) is 4.99. The van der Waals surface area contributed by atoms with Gasteiger partial charge in [0.1, 0.15) is 5.75 Å². The van der Waals surface area contributed by atoms with E-state index < -0.39 is 10.0 Å². The van der Waals surface area contributed by atoms with Crippen LogP contribution in [-0.2, 0) is 10.0 Å². The van der Waals surface area contributed by atoms with Crippen molar-refractivity contribution in [2.75, 3.05) is 4.72 Å².